The van der Waals surface area contributed by atoms with Crippen LogP contribution >= 0.6 is 22.7 Å². The van der Waals surface area contributed by atoms with Gasteiger partial charge in [0.05, 0.1) is 42.5 Å². The predicted molar refractivity (Wildman–Crippen MR) is 323 cm³/mol. The van der Waals surface area contributed by atoms with E-state index in [2.05, 4.69) is 90.6 Å². The van der Waals surface area contributed by atoms with Gasteiger partial charge >= 0.3 is 23.9 Å². The number of para-hydroxylation sites is 6. The number of carboxylic acid groups (broad SMARTS) is 4. The number of rotatable bonds is 6. The van der Waals surface area contributed by atoms with Gasteiger partial charge in [-0.25, -0.2) is 49.1 Å². The van der Waals surface area contributed by atoms with Crippen molar-refractivity contribution in [3.63, 3.8) is 0 Å². The Labute approximate surface area is 514 Å². The fraction of sp³-hybridized carbons (Fsp3) is 0. The molecule has 0 aliphatic carbocycles. The van der Waals surface area contributed by atoms with Crippen molar-refractivity contribution >= 4 is 111 Å². The number of thiazole rings is 2. The average Bonchev–Trinajstić information content (AvgIpc) is 4.17. The summed E-state index contributed by atoms with van der Waals surface area (Å²) >= 11 is 3.48. The van der Waals surface area contributed by atoms with Crippen LogP contribution in [-0.2, 0) is 20.1 Å². The third kappa shape index (κ3) is 15.8. The smallest absolute Gasteiger partial charge is 0.354 e. The summed E-state index contributed by atoms with van der Waals surface area (Å²) in [6.45, 7) is 0. The fourth-order valence-electron chi connectivity index (χ4n) is 8.11. The number of aromatic carboxylic acids is 4. The van der Waals surface area contributed by atoms with E-state index >= 15 is 0 Å². The topological polar surface area (TPSA) is 319 Å². The van der Waals surface area contributed by atoms with Crippen molar-refractivity contribution in [2.75, 3.05) is 0 Å². The molecule has 8 aromatic carbocycles. The molecule has 4 N–H and O–H groups in total. The van der Waals surface area contributed by atoms with Crippen LogP contribution in [0.4, 0.5) is 0 Å². The van der Waals surface area contributed by atoms with Crippen molar-refractivity contribution in [1.82, 2.24) is 29.9 Å². The molecule has 0 aliphatic rings. The van der Waals surface area contributed by atoms with Gasteiger partial charge in [0.25, 0.3) is 0 Å². The molecule has 21 heteroatoms. The van der Waals surface area contributed by atoms with Gasteiger partial charge in [-0.1, -0.05) is 205 Å². The summed E-state index contributed by atoms with van der Waals surface area (Å²) in [4.78, 5) is 66.6. The number of carboxylic acids is 4. The Morgan fingerprint density at radius 1 is 0.287 bits per heavy atom. The molecular weight excluding hydrogens is 1330 g/mol. The van der Waals surface area contributed by atoms with E-state index in [9.17, 15) is 39.6 Å². The predicted octanol–water partition coefficient (Wildman–Crippen LogP) is 12.0. The first-order chi connectivity index (χ1) is 41.6. The monoisotopic (exact) mass is 1370 g/mol. The third-order valence-electron chi connectivity index (χ3n) is 12.2. The second-order valence-corrected chi connectivity index (χ2v) is 20.1. The summed E-state index contributed by atoms with van der Waals surface area (Å²) in [5, 5.41) is 84.7. The van der Waals surface area contributed by atoms with Crippen LogP contribution in [0, 0.1) is 0 Å². The first-order valence-corrected chi connectivity index (χ1v) is 27.3. The maximum Gasteiger partial charge on any atom is 0.354 e. The van der Waals surface area contributed by atoms with E-state index in [0.29, 0.717) is 21.5 Å². The molecule has 0 unspecified atom stereocenters. The normalized spacial score (nSPS) is 10.3. The van der Waals surface area contributed by atoms with Crippen molar-refractivity contribution in [3.8, 4) is 44.1 Å². The minimum Gasteiger partial charge on any atom is -0.871 e. The molecule has 18 nitrogen and oxygen atoms in total. The molecule has 433 valence electrons. The van der Waals surface area contributed by atoms with Crippen molar-refractivity contribution in [2.45, 2.75) is 0 Å². The molecule has 6 aromatic heterocycles. The Morgan fingerprint density at radius 3 is 0.793 bits per heavy atom. The molecule has 6 heterocycles. The summed E-state index contributed by atoms with van der Waals surface area (Å²) in [6.07, 6.45) is 0. The molecule has 0 saturated carbocycles. The van der Waals surface area contributed by atoms with Crippen LogP contribution in [0.5, 0.6) is 23.0 Å². The molecule has 0 aliphatic heterocycles. The molecule has 1 radical (unpaired) electrons. The molecule has 0 atom stereocenters. The van der Waals surface area contributed by atoms with Crippen LogP contribution in [0.15, 0.2) is 231 Å². The van der Waals surface area contributed by atoms with E-state index in [1.807, 2.05) is 48.5 Å². The van der Waals surface area contributed by atoms with Gasteiger partial charge in [-0.3, -0.25) is 0 Å². The number of aromatic nitrogens is 6. The number of hydrogen-bond acceptors (Lipinski definition) is 16. The molecule has 0 amide bonds. The number of nitrogens with zero attached hydrogens (tertiary/aromatic N) is 6. The summed E-state index contributed by atoms with van der Waals surface area (Å²) < 4.78 is 2.49. The zero-order valence-electron chi connectivity index (χ0n) is 44.8. The molecule has 0 spiro atoms. The Morgan fingerprint density at radius 2 is 0.540 bits per heavy atom. The van der Waals surface area contributed by atoms with Crippen molar-refractivity contribution in [2.24, 2.45) is 0 Å². The van der Waals surface area contributed by atoms with Crippen LogP contribution in [0.2, 0.25) is 0 Å². The second-order valence-electron chi connectivity index (χ2n) is 18.0. The largest absolute Gasteiger partial charge is 0.871 e. The quantitative estimate of drug-likeness (QED) is 0.120. The third-order valence-corrected chi connectivity index (χ3v) is 14.4. The molecular formula is C66H42IrN6O12S2-4. The number of hydrogen-bond donors (Lipinski definition) is 4. The number of carbonyl (C=O) groups is 4. The minimum atomic E-state index is -1.13. The van der Waals surface area contributed by atoms with Crippen LogP contribution < -0.4 is 20.4 Å². The summed E-state index contributed by atoms with van der Waals surface area (Å²) in [5.74, 6) is -5.55. The number of pyridine rings is 4. The Kier molecular flexibility index (Phi) is 20.6. The van der Waals surface area contributed by atoms with E-state index in [1.165, 1.54) is 69.1 Å². The van der Waals surface area contributed by atoms with Crippen molar-refractivity contribution in [3.05, 3.63) is 253 Å². The molecule has 14 aromatic rings. The fourth-order valence-corrected chi connectivity index (χ4v) is 10.1. The van der Waals surface area contributed by atoms with Crippen molar-refractivity contribution < 1.29 is 80.1 Å². The Bertz CT molecular complexity index is 4210. The molecule has 87 heavy (non-hydrogen) atoms. The van der Waals surface area contributed by atoms with Gasteiger partial charge < -0.3 is 40.9 Å². The summed E-state index contributed by atoms with van der Waals surface area (Å²) in [6, 6.07) is 67.7. The van der Waals surface area contributed by atoms with Gasteiger partial charge in [-0.15, -0.1) is 22.7 Å². The van der Waals surface area contributed by atoms with Crippen molar-refractivity contribution in [1.29, 1.82) is 0 Å². The van der Waals surface area contributed by atoms with E-state index in [1.54, 1.807) is 95.5 Å². The van der Waals surface area contributed by atoms with Gasteiger partial charge in [-0.05, 0) is 70.1 Å². The molecule has 14 rings (SSSR count). The van der Waals surface area contributed by atoms with E-state index in [-0.39, 0.29) is 87.9 Å². The Balaban J connectivity index is 0.000000135. The van der Waals surface area contributed by atoms with E-state index < -0.39 is 23.9 Å². The van der Waals surface area contributed by atoms with Crippen LogP contribution in [-0.4, -0.2) is 74.2 Å². The summed E-state index contributed by atoms with van der Waals surface area (Å²) in [5.41, 5.74) is 4.92. The number of fused-ring (bicyclic) bond motifs is 6. The summed E-state index contributed by atoms with van der Waals surface area (Å²) in [7, 11) is 0. The van der Waals surface area contributed by atoms with Gasteiger partial charge in [0, 0.05) is 31.2 Å². The minimum absolute atomic E-state index is 0. The average molecular weight is 1370 g/mol. The Hall–Kier alpha value is -11.1. The zero-order valence-corrected chi connectivity index (χ0v) is 48.9. The van der Waals surface area contributed by atoms with Gasteiger partial charge in [-0.2, -0.15) is 0 Å². The second kappa shape index (κ2) is 28.9. The van der Waals surface area contributed by atoms with Gasteiger partial charge in [0.1, 0.15) is 32.8 Å². The van der Waals surface area contributed by atoms with E-state index in [0.717, 1.165) is 21.0 Å². The van der Waals surface area contributed by atoms with E-state index in [4.69, 9.17) is 20.4 Å². The maximum absolute atomic E-state index is 11.3. The number of benzene rings is 8. The zero-order chi connectivity index (χ0) is 60.7. The first-order valence-electron chi connectivity index (χ1n) is 25.6. The van der Waals surface area contributed by atoms with Gasteiger partial charge in [0.15, 0.2) is 0 Å². The maximum atomic E-state index is 11.3. The molecule has 0 saturated heterocycles. The van der Waals surface area contributed by atoms with Crippen LogP contribution in [0.3, 0.4) is 0 Å². The molecule has 0 fully saturated rings. The standard InChI is InChI=1S/2C13H9NS.4C10H7NO3.Ir/c2*1-2-6-10(7-3-1)13-14-11-8-4-5-9-12(11)15-13;4*12-8-3-1-2-6-4-5-7(10(13)14)11-9(6)8;/h2*1-9H;4*1-5,12H,(H,13,14);/p-4. The molecule has 0 bridgehead atoms. The van der Waals surface area contributed by atoms with Crippen LogP contribution in [0.1, 0.15) is 42.0 Å². The van der Waals surface area contributed by atoms with Gasteiger partial charge in [0.2, 0.25) is 0 Å². The van der Waals surface area contributed by atoms with Crippen LogP contribution in [0.25, 0.3) is 85.2 Å². The SMILES string of the molecule is O=C(O)c1ccc2cccc([O-])c2n1.O=C(O)c1ccc2cccc([O-])c2n1.O=C(O)c1ccc2cccc([O-])c2n1.O=C(O)c1ccc2cccc([O-])c2n1.[Ir].c1ccc(-c2nc3ccccc3s2)cc1.c1ccc(-c2nc3ccccc3s2)cc1. The first kappa shape index (κ1) is 62.0.